The van der Waals surface area contributed by atoms with Gasteiger partial charge in [-0.3, -0.25) is 0 Å². The number of para-hydroxylation sites is 2. The molecule has 0 unspecified atom stereocenters. The zero-order valence-electron chi connectivity index (χ0n) is 18.8. The summed E-state index contributed by atoms with van der Waals surface area (Å²) in [5, 5.41) is 0. The van der Waals surface area contributed by atoms with Gasteiger partial charge in [-0.15, -0.1) is 0 Å². The van der Waals surface area contributed by atoms with Crippen LogP contribution in [0, 0.1) is 0 Å². The van der Waals surface area contributed by atoms with Crippen LogP contribution >= 0.6 is 0 Å². The van der Waals surface area contributed by atoms with Crippen molar-refractivity contribution in [1.82, 2.24) is 0 Å². The summed E-state index contributed by atoms with van der Waals surface area (Å²) in [4.78, 5) is 11.7. The third-order valence-corrected chi connectivity index (χ3v) is 5.16. The fraction of sp³-hybridized carbons (Fsp3) is 0.654. The SMILES string of the molecule is C=C(C)C(=O)Oc1ccccc1OCCCCCCCCCCCCCCCC. The van der Waals surface area contributed by atoms with Gasteiger partial charge in [-0.2, -0.15) is 0 Å². The molecule has 0 saturated heterocycles. The van der Waals surface area contributed by atoms with Gasteiger partial charge in [0.2, 0.25) is 0 Å². The number of hydrogen-bond acceptors (Lipinski definition) is 3. The van der Waals surface area contributed by atoms with Gasteiger partial charge >= 0.3 is 5.97 Å². The fourth-order valence-corrected chi connectivity index (χ4v) is 3.32. The number of ether oxygens (including phenoxy) is 2. The Morgan fingerprint density at radius 1 is 0.759 bits per heavy atom. The van der Waals surface area contributed by atoms with Crippen LogP contribution < -0.4 is 9.47 Å². The molecule has 29 heavy (non-hydrogen) atoms. The van der Waals surface area contributed by atoms with Crippen LogP contribution in [0.1, 0.15) is 104 Å². The molecular weight excluding hydrogens is 360 g/mol. The molecule has 1 rings (SSSR count). The van der Waals surface area contributed by atoms with E-state index in [-0.39, 0.29) is 0 Å². The van der Waals surface area contributed by atoms with Crippen LogP contribution in [0.3, 0.4) is 0 Å². The van der Waals surface area contributed by atoms with E-state index in [1.165, 1.54) is 83.5 Å². The van der Waals surface area contributed by atoms with E-state index in [2.05, 4.69) is 13.5 Å². The maximum Gasteiger partial charge on any atom is 0.338 e. The number of carbonyl (C=O) groups excluding carboxylic acids is 1. The molecule has 0 saturated carbocycles. The lowest BCUT2D eigenvalue weighted by atomic mass is 10.0. The lowest BCUT2D eigenvalue weighted by molar-refractivity contribution is -0.130. The van der Waals surface area contributed by atoms with Crippen LogP contribution in [0.4, 0.5) is 0 Å². The molecule has 1 aromatic rings. The Bertz CT molecular complexity index is 565. The Kier molecular flexibility index (Phi) is 14.9. The quantitative estimate of drug-likeness (QED) is 0.108. The summed E-state index contributed by atoms with van der Waals surface area (Å²) >= 11 is 0. The first kappa shape index (κ1) is 25.3. The molecule has 0 aliphatic rings. The lowest BCUT2D eigenvalue weighted by Gasteiger charge is -2.11. The highest BCUT2D eigenvalue weighted by molar-refractivity contribution is 5.89. The average Bonchev–Trinajstić information content (AvgIpc) is 2.72. The van der Waals surface area contributed by atoms with E-state index in [9.17, 15) is 4.79 Å². The molecule has 3 heteroatoms. The molecule has 0 heterocycles. The zero-order chi connectivity index (χ0) is 21.2. The van der Waals surface area contributed by atoms with Gasteiger partial charge in [0.1, 0.15) is 0 Å². The first-order valence-corrected chi connectivity index (χ1v) is 11.7. The normalized spacial score (nSPS) is 10.7. The Balaban J connectivity index is 1.99. The van der Waals surface area contributed by atoms with E-state index in [4.69, 9.17) is 9.47 Å². The number of esters is 1. The van der Waals surface area contributed by atoms with Crippen LogP contribution in [0.5, 0.6) is 11.5 Å². The van der Waals surface area contributed by atoms with Gasteiger partial charge in [0.25, 0.3) is 0 Å². The summed E-state index contributed by atoms with van der Waals surface area (Å²) in [6.45, 7) is 8.18. The molecule has 0 atom stereocenters. The van der Waals surface area contributed by atoms with E-state index < -0.39 is 5.97 Å². The molecule has 0 radical (unpaired) electrons. The predicted octanol–water partition coefficient (Wildman–Crippen LogP) is 8.03. The number of rotatable bonds is 18. The number of unbranched alkanes of at least 4 members (excludes halogenated alkanes) is 13. The molecule has 0 N–H and O–H groups in total. The Morgan fingerprint density at radius 3 is 1.69 bits per heavy atom. The number of hydrogen-bond donors (Lipinski definition) is 0. The fourth-order valence-electron chi connectivity index (χ4n) is 3.32. The summed E-state index contributed by atoms with van der Waals surface area (Å²) in [6.07, 6.45) is 18.8. The maximum absolute atomic E-state index is 11.7. The van der Waals surface area contributed by atoms with Crippen molar-refractivity contribution in [2.45, 2.75) is 104 Å². The van der Waals surface area contributed by atoms with Crippen LogP contribution in [0.15, 0.2) is 36.4 Å². The van der Waals surface area contributed by atoms with Crippen LogP contribution in [0.25, 0.3) is 0 Å². The second-order valence-electron chi connectivity index (χ2n) is 8.06. The first-order chi connectivity index (χ1) is 14.1. The van der Waals surface area contributed by atoms with Crippen molar-refractivity contribution in [3.05, 3.63) is 36.4 Å². The Labute approximate surface area is 178 Å². The van der Waals surface area contributed by atoms with Crippen molar-refractivity contribution in [2.75, 3.05) is 6.61 Å². The third-order valence-electron chi connectivity index (χ3n) is 5.16. The highest BCUT2D eigenvalue weighted by atomic mass is 16.6. The minimum atomic E-state index is -0.419. The standard InChI is InChI=1S/C26H42O3/c1-4-5-6-7-8-9-10-11-12-13-14-15-16-19-22-28-24-20-17-18-21-25(24)29-26(27)23(2)3/h17-18,20-21H,2,4-16,19,22H2,1,3H3. The van der Waals surface area contributed by atoms with Gasteiger partial charge in [0.05, 0.1) is 6.61 Å². The van der Waals surface area contributed by atoms with E-state index >= 15 is 0 Å². The first-order valence-electron chi connectivity index (χ1n) is 11.7. The smallest absolute Gasteiger partial charge is 0.338 e. The molecular formula is C26H42O3. The summed E-state index contributed by atoms with van der Waals surface area (Å²) in [7, 11) is 0. The molecule has 164 valence electrons. The van der Waals surface area contributed by atoms with Crippen LogP contribution in [0.2, 0.25) is 0 Å². The van der Waals surface area contributed by atoms with Crippen molar-refractivity contribution in [3.63, 3.8) is 0 Å². The lowest BCUT2D eigenvalue weighted by Crippen LogP contribution is -2.09. The molecule has 0 fully saturated rings. The van der Waals surface area contributed by atoms with Gasteiger partial charge < -0.3 is 9.47 Å². The minimum Gasteiger partial charge on any atom is -0.490 e. The molecule has 0 aliphatic carbocycles. The van der Waals surface area contributed by atoms with Crippen molar-refractivity contribution in [3.8, 4) is 11.5 Å². The molecule has 0 aromatic heterocycles. The minimum absolute atomic E-state index is 0.381. The molecule has 1 aromatic carbocycles. The van der Waals surface area contributed by atoms with Crippen molar-refractivity contribution in [2.24, 2.45) is 0 Å². The molecule has 0 aliphatic heterocycles. The van der Waals surface area contributed by atoms with Gasteiger partial charge in [0.15, 0.2) is 11.5 Å². The summed E-state index contributed by atoms with van der Waals surface area (Å²) in [6, 6.07) is 7.31. The van der Waals surface area contributed by atoms with Crippen LogP contribution in [-0.2, 0) is 4.79 Å². The summed E-state index contributed by atoms with van der Waals surface area (Å²) in [5.74, 6) is 0.667. The van der Waals surface area contributed by atoms with Gasteiger partial charge in [-0.1, -0.05) is 109 Å². The van der Waals surface area contributed by atoms with Gasteiger partial charge in [-0.25, -0.2) is 4.79 Å². The number of benzene rings is 1. The monoisotopic (exact) mass is 402 g/mol. The number of carbonyl (C=O) groups is 1. The second-order valence-corrected chi connectivity index (χ2v) is 8.06. The van der Waals surface area contributed by atoms with Gasteiger partial charge in [-0.05, 0) is 25.5 Å². The van der Waals surface area contributed by atoms with Gasteiger partial charge in [0, 0.05) is 5.57 Å². The summed E-state index contributed by atoms with van der Waals surface area (Å²) in [5.41, 5.74) is 0.381. The Hall–Kier alpha value is -1.77. The molecule has 0 bridgehead atoms. The second kappa shape index (κ2) is 17.1. The van der Waals surface area contributed by atoms with E-state index in [1.807, 2.05) is 18.2 Å². The largest absolute Gasteiger partial charge is 0.490 e. The van der Waals surface area contributed by atoms with Crippen molar-refractivity contribution in [1.29, 1.82) is 0 Å². The topological polar surface area (TPSA) is 35.5 Å². The maximum atomic E-state index is 11.7. The third kappa shape index (κ3) is 13.1. The molecule has 0 spiro atoms. The highest BCUT2D eigenvalue weighted by Crippen LogP contribution is 2.27. The molecule has 0 amide bonds. The van der Waals surface area contributed by atoms with Crippen LogP contribution in [-0.4, -0.2) is 12.6 Å². The van der Waals surface area contributed by atoms with E-state index in [1.54, 1.807) is 13.0 Å². The summed E-state index contributed by atoms with van der Waals surface area (Å²) < 4.78 is 11.1. The molecule has 3 nitrogen and oxygen atoms in total. The highest BCUT2D eigenvalue weighted by Gasteiger charge is 2.10. The Morgan fingerprint density at radius 2 is 1.21 bits per heavy atom. The van der Waals surface area contributed by atoms with E-state index in [0.29, 0.717) is 23.7 Å². The van der Waals surface area contributed by atoms with E-state index in [0.717, 1.165) is 6.42 Å². The zero-order valence-corrected chi connectivity index (χ0v) is 18.8. The van der Waals surface area contributed by atoms with Crippen molar-refractivity contribution < 1.29 is 14.3 Å². The van der Waals surface area contributed by atoms with Crippen molar-refractivity contribution >= 4 is 5.97 Å². The average molecular weight is 403 g/mol. The predicted molar refractivity (Wildman–Crippen MR) is 123 cm³/mol.